The Balaban J connectivity index is 2.94. The van der Waals surface area contributed by atoms with Crippen LogP contribution in [-0.4, -0.2) is 36.2 Å². The summed E-state index contributed by atoms with van der Waals surface area (Å²) in [5.74, 6) is 0.147. The van der Waals surface area contributed by atoms with Crippen LogP contribution in [0, 0.1) is 0 Å². The molecule has 0 radical (unpaired) electrons. The number of carbonyl (C=O) groups is 1. The molecule has 1 N–H and O–H groups in total. The van der Waals surface area contributed by atoms with Gasteiger partial charge >= 0.3 is 5.97 Å². The molecule has 0 saturated heterocycles. The van der Waals surface area contributed by atoms with Crippen molar-refractivity contribution in [3.63, 3.8) is 0 Å². The number of rotatable bonds is 7. The molecule has 0 fully saturated rings. The lowest BCUT2D eigenvalue weighted by Crippen LogP contribution is -2.33. The molecule has 20 heavy (non-hydrogen) atoms. The van der Waals surface area contributed by atoms with Crippen molar-refractivity contribution in [1.29, 1.82) is 0 Å². The van der Waals surface area contributed by atoms with Gasteiger partial charge < -0.3 is 10.0 Å². The molecule has 5 heteroatoms. The van der Waals surface area contributed by atoms with Crippen LogP contribution in [0.2, 0.25) is 0 Å². The molecule has 0 amide bonds. The molecule has 1 aromatic rings. The Hall–Kier alpha value is -0.940. The van der Waals surface area contributed by atoms with E-state index in [1.54, 1.807) is 6.08 Å². The minimum atomic E-state index is -0.937. The Morgan fingerprint density at radius 3 is 2.75 bits per heavy atom. The molecule has 1 atom stereocenters. The van der Waals surface area contributed by atoms with Gasteiger partial charge in [-0.2, -0.15) is 11.8 Å². The summed E-state index contributed by atoms with van der Waals surface area (Å²) in [5, 5.41) is 8.64. The van der Waals surface area contributed by atoms with E-state index in [2.05, 4.69) is 41.1 Å². The first-order valence-corrected chi connectivity index (χ1v) is 8.60. The fourth-order valence-corrected chi connectivity index (χ4v) is 3.49. The van der Waals surface area contributed by atoms with Crippen molar-refractivity contribution in [1.82, 2.24) is 0 Å². The zero-order valence-electron chi connectivity index (χ0n) is 12.0. The van der Waals surface area contributed by atoms with Crippen LogP contribution in [0.3, 0.4) is 0 Å². The molecule has 0 spiro atoms. The van der Waals surface area contributed by atoms with Crippen LogP contribution in [0.4, 0.5) is 5.69 Å². The van der Waals surface area contributed by atoms with Gasteiger partial charge in [0.1, 0.15) is 0 Å². The van der Waals surface area contributed by atoms with Crippen LogP contribution in [0.25, 0.3) is 6.08 Å². The largest absolute Gasteiger partial charge is 0.478 e. The molecule has 3 nitrogen and oxygen atoms in total. The maximum atomic E-state index is 10.5. The van der Waals surface area contributed by atoms with Crippen molar-refractivity contribution in [3.05, 3.63) is 34.3 Å². The SMILES string of the molecule is CCC(CSC)N(C)c1ccc(/C=C/C(=O)O)cc1Br. The van der Waals surface area contributed by atoms with Gasteiger partial charge in [-0.15, -0.1) is 0 Å². The molecule has 0 bridgehead atoms. The smallest absolute Gasteiger partial charge is 0.328 e. The number of nitrogens with zero attached hydrogens (tertiary/aromatic N) is 1. The van der Waals surface area contributed by atoms with E-state index in [0.29, 0.717) is 6.04 Å². The molecule has 1 unspecified atom stereocenters. The molecule has 0 heterocycles. The van der Waals surface area contributed by atoms with Gasteiger partial charge in [0.25, 0.3) is 0 Å². The summed E-state index contributed by atoms with van der Waals surface area (Å²) in [4.78, 5) is 12.8. The Bertz CT molecular complexity index is 491. The number of benzene rings is 1. The predicted molar refractivity (Wildman–Crippen MR) is 91.7 cm³/mol. The van der Waals surface area contributed by atoms with Crippen LogP contribution in [0.1, 0.15) is 18.9 Å². The fourth-order valence-electron chi connectivity index (χ4n) is 1.97. The molecule has 110 valence electrons. The number of halogens is 1. The average molecular weight is 358 g/mol. The van der Waals surface area contributed by atoms with Gasteiger partial charge in [-0.1, -0.05) is 13.0 Å². The van der Waals surface area contributed by atoms with Crippen LogP contribution < -0.4 is 4.90 Å². The van der Waals surface area contributed by atoms with E-state index in [9.17, 15) is 4.79 Å². The highest BCUT2D eigenvalue weighted by molar-refractivity contribution is 9.10. The third-order valence-corrected chi connectivity index (χ3v) is 4.50. The Morgan fingerprint density at radius 2 is 2.25 bits per heavy atom. The second-order valence-corrected chi connectivity index (χ2v) is 6.28. The van der Waals surface area contributed by atoms with Crippen molar-refractivity contribution in [2.75, 3.05) is 24.0 Å². The second kappa shape index (κ2) is 8.37. The molecule has 1 aromatic carbocycles. The van der Waals surface area contributed by atoms with Crippen LogP contribution in [-0.2, 0) is 4.79 Å². The fraction of sp³-hybridized carbons (Fsp3) is 0.400. The Kier molecular flexibility index (Phi) is 7.16. The third-order valence-electron chi connectivity index (χ3n) is 3.15. The van der Waals surface area contributed by atoms with Crippen molar-refractivity contribution in [2.24, 2.45) is 0 Å². The lowest BCUT2D eigenvalue weighted by atomic mass is 10.1. The molecule has 0 aliphatic heterocycles. The molecule has 0 aliphatic rings. The number of anilines is 1. The molecule has 0 saturated carbocycles. The highest BCUT2D eigenvalue weighted by atomic mass is 79.9. The van der Waals surface area contributed by atoms with E-state index in [-0.39, 0.29) is 0 Å². The number of carboxylic acids is 1. The number of hydrogen-bond acceptors (Lipinski definition) is 3. The summed E-state index contributed by atoms with van der Waals surface area (Å²) in [7, 11) is 2.09. The van der Waals surface area contributed by atoms with Gasteiger partial charge in [-0.05, 0) is 52.4 Å². The molecular formula is C15H20BrNO2S. The van der Waals surface area contributed by atoms with E-state index >= 15 is 0 Å². The van der Waals surface area contributed by atoms with E-state index in [0.717, 1.165) is 34.0 Å². The number of hydrogen-bond donors (Lipinski definition) is 1. The van der Waals surface area contributed by atoms with Crippen molar-refractivity contribution < 1.29 is 9.90 Å². The van der Waals surface area contributed by atoms with Crippen LogP contribution in [0.15, 0.2) is 28.7 Å². The van der Waals surface area contributed by atoms with Gasteiger partial charge in [-0.25, -0.2) is 4.79 Å². The minimum absolute atomic E-state index is 0.488. The number of aliphatic carboxylic acids is 1. The second-order valence-electron chi connectivity index (χ2n) is 4.51. The molecular weight excluding hydrogens is 338 g/mol. The van der Waals surface area contributed by atoms with Crippen molar-refractivity contribution in [2.45, 2.75) is 19.4 Å². The maximum absolute atomic E-state index is 10.5. The lowest BCUT2D eigenvalue weighted by Gasteiger charge is -2.29. The standard InChI is InChI=1S/C15H20BrNO2S/c1-4-12(10-20-3)17(2)14-7-5-11(9-13(14)16)6-8-15(18)19/h5-9,12H,4,10H2,1-3H3,(H,18,19)/b8-6+. The average Bonchev–Trinajstić information content (AvgIpc) is 2.42. The van der Waals surface area contributed by atoms with Gasteiger partial charge in [0.15, 0.2) is 0 Å². The van der Waals surface area contributed by atoms with E-state index in [1.807, 2.05) is 30.0 Å². The summed E-state index contributed by atoms with van der Waals surface area (Å²) in [6.45, 7) is 2.19. The first-order valence-electron chi connectivity index (χ1n) is 6.41. The zero-order valence-corrected chi connectivity index (χ0v) is 14.4. The third kappa shape index (κ3) is 4.87. The normalized spacial score (nSPS) is 12.6. The summed E-state index contributed by atoms with van der Waals surface area (Å²) in [6.07, 6.45) is 5.94. The van der Waals surface area contributed by atoms with E-state index in [4.69, 9.17) is 5.11 Å². The summed E-state index contributed by atoms with van der Waals surface area (Å²) < 4.78 is 0.979. The Morgan fingerprint density at radius 1 is 1.55 bits per heavy atom. The van der Waals surface area contributed by atoms with E-state index < -0.39 is 5.97 Å². The number of carboxylic acid groups (broad SMARTS) is 1. The van der Waals surface area contributed by atoms with Gasteiger partial charge in [0.2, 0.25) is 0 Å². The highest BCUT2D eigenvalue weighted by Gasteiger charge is 2.15. The molecule has 1 rings (SSSR count). The maximum Gasteiger partial charge on any atom is 0.328 e. The first kappa shape index (κ1) is 17.1. The zero-order chi connectivity index (χ0) is 15.1. The van der Waals surface area contributed by atoms with Crippen LogP contribution >= 0.6 is 27.7 Å². The quantitative estimate of drug-likeness (QED) is 0.745. The number of thioether (sulfide) groups is 1. The van der Waals surface area contributed by atoms with Gasteiger partial charge in [-0.3, -0.25) is 0 Å². The minimum Gasteiger partial charge on any atom is -0.478 e. The summed E-state index contributed by atoms with van der Waals surface area (Å²) in [6, 6.07) is 6.38. The van der Waals surface area contributed by atoms with Crippen molar-refractivity contribution in [3.8, 4) is 0 Å². The highest BCUT2D eigenvalue weighted by Crippen LogP contribution is 2.29. The first-order chi connectivity index (χ1) is 9.49. The molecule has 0 aliphatic carbocycles. The van der Waals surface area contributed by atoms with Gasteiger partial charge in [0.05, 0.1) is 5.69 Å². The Labute approximate surface area is 133 Å². The van der Waals surface area contributed by atoms with Crippen LogP contribution in [0.5, 0.6) is 0 Å². The molecule has 0 aromatic heterocycles. The monoisotopic (exact) mass is 357 g/mol. The predicted octanol–water partition coefficient (Wildman–Crippen LogP) is 4.12. The summed E-state index contributed by atoms with van der Waals surface area (Å²) >= 11 is 5.42. The van der Waals surface area contributed by atoms with Crippen molar-refractivity contribution >= 4 is 45.4 Å². The van der Waals surface area contributed by atoms with Gasteiger partial charge in [0, 0.05) is 29.4 Å². The summed E-state index contributed by atoms with van der Waals surface area (Å²) in [5.41, 5.74) is 1.99. The topological polar surface area (TPSA) is 40.5 Å². The lowest BCUT2D eigenvalue weighted by molar-refractivity contribution is -0.131. The van der Waals surface area contributed by atoms with E-state index in [1.165, 1.54) is 0 Å².